The van der Waals surface area contributed by atoms with Crippen LogP contribution in [0.1, 0.15) is 0 Å². The Morgan fingerprint density at radius 2 is 1.68 bits per heavy atom. The molecule has 0 aromatic carbocycles. The first-order chi connectivity index (χ1) is 9.24. The molecule has 0 N–H and O–H groups in total. The van der Waals surface area contributed by atoms with Crippen LogP contribution in [-0.4, -0.2) is 35.8 Å². The molecule has 0 atom stereocenters. The van der Waals surface area contributed by atoms with Crippen molar-refractivity contribution in [2.24, 2.45) is 0 Å². The van der Waals surface area contributed by atoms with E-state index in [1.54, 1.807) is 0 Å². The topological polar surface area (TPSA) is 90.2 Å². The summed E-state index contributed by atoms with van der Waals surface area (Å²) in [6.45, 7) is 0. The molecular weight excluding hydrogens is 309 g/mol. The molecule has 4 aromatic rings. The summed E-state index contributed by atoms with van der Waals surface area (Å²) in [5, 5.41) is 24.3. The molecule has 4 aromatic heterocycles. The van der Waals surface area contributed by atoms with Crippen molar-refractivity contribution < 1.29 is 0 Å². The van der Waals surface area contributed by atoms with E-state index in [-0.39, 0.29) is 5.15 Å². The molecule has 19 heavy (non-hydrogen) atoms. The van der Waals surface area contributed by atoms with E-state index in [1.165, 1.54) is 11.3 Å². The number of rotatable bonds is 0. The second-order valence-electron chi connectivity index (χ2n) is 3.65. The molecule has 0 amide bonds. The van der Waals surface area contributed by atoms with E-state index in [0.717, 1.165) is 14.9 Å². The number of hydrogen-bond donors (Lipinski definition) is 0. The predicted molar refractivity (Wildman–Crippen MR) is 71.4 cm³/mol. The van der Waals surface area contributed by atoms with Crippen molar-refractivity contribution in [2.45, 2.75) is 0 Å². The Balaban J connectivity index is 2.27. The van der Waals surface area contributed by atoms with Gasteiger partial charge in [0.2, 0.25) is 0 Å². The van der Waals surface area contributed by atoms with Crippen LogP contribution in [0, 0.1) is 0 Å². The Morgan fingerprint density at radius 3 is 2.58 bits per heavy atom. The number of nitrogens with zero attached hydrogens (tertiary/aromatic N) is 7. The largest absolute Gasteiger partial charge is 0.215 e. The number of fused-ring (bicyclic) bond motifs is 4. The van der Waals surface area contributed by atoms with Crippen LogP contribution in [0.5, 0.6) is 0 Å². The van der Waals surface area contributed by atoms with Gasteiger partial charge in [0.25, 0.3) is 0 Å². The number of thiophene rings is 1. The van der Waals surface area contributed by atoms with Gasteiger partial charge < -0.3 is 0 Å². The van der Waals surface area contributed by atoms with Gasteiger partial charge in [-0.05, 0) is 16.5 Å². The normalized spacial score (nSPS) is 11.7. The fraction of sp³-hybridized carbons (Fsp3) is 0. The Hall–Kier alpha value is -1.77. The summed E-state index contributed by atoms with van der Waals surface area (Å²) in [4.78, 5) is 5.11. The Labute approximate surface area is 118 Å². The van der Waals surface area contributed by atoms with Crippen molar-refractivity contribution in [3.05, 3.63) is 16.4 Å². The van der Waals surface area contributed by atoms with E-state index in [2.05, 4.69) is 35.8 Å². The van der Waals surface area contributed by atoms with Gasteiger partial charge in [-0.2, -0.15) is 0 Å². The fourth-order valence-electron chi connectivity index (χ4n) is 1.78. The minimum absolute atomic E-state index is 0.242. The minimum Gasteiger partial charge on any atom is -0.215 e. The first-order valence-corrected chi connectivity index (χ1v) is 6.58. The molecule has 4 heterocycles. The molecule has 92 valence electrons. The number of hydrogen-bond acceptors (Lipinski definition) is 8. The predicted octanol–water partition coefficient (Wildman–Crippen LogP) is 2.28. The third-order valence-corrected chi connectivity index (χ3v) is 4.35. The average Bonchev–Trinajstić information content (AvgIpc) is 2.77. The van der Waals surface area contributed by atoms with Gasteiger partial charge in [-0.1, -0.05) is 23.2 Å². The summed E-state index contributed by atoms with van der Waals surface area (Å²) < 4.78 is 0.728. The summed E-state index contributed by atoms with van der Waals surface area (Å²) in [5.74, 6) is 0. The van der Waals surface area contributed by atoms with Gasteiger partial charge in [0.05, 0.1) is 10.1 Å². The maximum atomic E-state index is 5.99. The quantitative estimate of drug-likeness (QED) is 0.492. The van der Waals surface area contributed by atoms with Crippen molar-refractivity contribution in [3.8, 4) is 0 Å². The van der Waals surface area contributed by atoms with Crippen molar-refractivity contribution in [1.82, 2.24) is 35.8 Å². The second kappa shape index (κ2) is 3.86. The third kappa shape index (κ3) is 1.54. The van der Waals surface area contributed by atoms with Gasteiger partial charge in [-0.3, -0.25) is 0 Å². The first-order valence-electron chi connectivity index (χ1n) is 5.01. The Bertz CT molecular complexity index is 953. The van der Waals surface area contributed by atoms with Crippen molar-refractivity contribution in [2.75, 3.05) is 0 Å². The molecule has 0 aliphatic rings. The standard InChI is InChI=1S/C9HCl2N7S/c10-6-3-1-2-4-5(7(11)15-17-13-4)19-9(2)12-8(3)16-18-14-6/h1H. The van der Waals surface area contributed by atoms with Crippen LogP contribution in [0.15, 0.2) is 6.07 Å². The van der Waals surface area contributed by atoms with Crippen molar-refractivity contribution >= 4 is 66.0 Å². The van der Waals surface area contributed by atoms with E-state index in [4.69, 9.17) is 23.2 Å². The maximum Gasteiger partial charge on any atom is 0.188 e. The smallest absolute Gasteiger partial charge is 0.188 e. The van der Waals surface area contributed by atoms with Gasteiger partial charge in [0.15, 0.2) is 16.0 Å². The van der Waals surface area contributed by atoms with E-state index < -0.39 is 0 Å². The lowest BCUT2D eigenvalue weighted by Crippen LogP contribution is -1.92. The van der Waals surface area contributed by atoms with Crippen LogP contribution in [0.25, 0.3) is 31.5 Å². The highest BCUT2D eigenvalue weighted by Crippen LogP contribution is 2.35. The highest BCUT2D eigenvalue weighted by molar-refractivity contribution is 7.25. The molecule has 0 saturated carbocycles. The van der Waals surface area contributed by atoms with Crippen LogP contribution >= 0.6 is 34.5 Å². The van der Waals surface area contributed by atoms with E-state index >= 15 is 0 Å². The summed E-state index contributed by atoms with van der Waals surface area (Å²) in [6.07, 6.45) is 0. The van der Waals surface area contributed by atoms with Crippen LogP contribution in [0.4, 0.5) is 0 Å². The lowest BCUT2D eigenvalue weighted by Gasteiger charge is -1.96. The van der Waals surface area contributed by atoms with Gasteiger partial charge >= 0.3 is 0 Å². The lowest BCUT2D eigenvalue weighted by atomic mass is 10.2. The maximum absolute atomic E-state index is 5.99. The van der Waals surface area contributed by atoms with Crippen LogP contribution in [-0.2, 0) is 0 Å². The monoisotopic (exact) mass is 309 g/mol. The van der Waals surface area contributed by atoms with Gasteiger partial charge in [-0.15, -0.1) is 31.7 Å². The van der Waals surface area contributed by atoms with E-state index in [0.29, 0.717) is 21.7 Å². The molecule has 0 fully saturated rings. The molecule has 0 aliphatic heterocycles. The SMILES string of the molecule is Clc1nnnc2nc3sc4c(Cl)nnnc4c3cc12. The van der Waals surface area contributed by atoms with Crippen molar-refractivity contribution in [1.29, 1.82) is 0 Å². The molecule has 0 unspecified atom stereocenters. The zero-order chi connectivity index (χ0) is 13.0. The molecule has 0 bridgehead atoms. The van der Waals surface area contributed by atoms with Crippen LogP contribution in [0.3, 0.4) is 0 Å². The number of pyridine rings is 1. The zero-order valence-electron chi connectivity index (χ0n) is 8.87. The summed E-state index contributed by atoms with van der Waals surface area (Å²) in [5.41, 5.74) is 1.07. The van der Waals surface area contributed by atoms with Gasteiger partial charge in [0.1, 0.15) is 10.3 Å². The van der Waals surface area contributed by atoms with Crippen LogP contribution in [0.2, 0.25) is 10.3 Å². The molecular formula is C9HCl2N7S. The lowest BCUT2D eigenvalue weighted by molar-refractivity contribution is 0.888. The minimum atomic E-state index is 0.242. The van der Waals surface area contributed by atoms with E-state index in [1.807, 2.05) is 6.07 Å². The number of halogens is 2. The second-order valence-corrected chi connectivity index (χ2v) is 5.37. The number of aromatic nitrogens is 7. The average molecular weight is 310 g/mol. The van der Waals surface area contributed by atoms with Crippen LogP contribution < -0.4 is 0 Å². The van der Waals surface area contributed by atoms with Crippen molar-refractivity contribution in [3.63, 3.8) is 0 Å². The Kier molecular flexibility index (Phi) is 2.25. The molecule has 0 spiro atoms. The zero-order valence-corrected chi connectivity index (χ0v) is 11.2. The molecule has 0 saturated heterocycles. The summed E-state index contributed by atoms with van der Waals surface area (Å²) in [7, 11) is 0. The molecule has 0 radical (unpaired) electrons. The molecule has 10 heteroatoms. The van der Waals surface area contributed by atoms with Gasteiger partial charge in [-0.25, -0.2) is 4.98 Å². The highest BCUT2D eigenvalue weighted by atomic mass is 35.5. The highest BCUT2D eigenvalue weighted by Gasteiger charge is 2.15. The molecule has 4 rings (SSSR count). The summed E-state index contributed by atoms with van der Waals surface area (Å²) in [6, 6.07) is 1.81. The Morgan fingerprint density at radius 1 is 0.895 bits per heavy atom. The molecule has 0 aliphatic carbocycles. The summed E-state index contributed by atoms with van der Waals surface area (Å²) >= 11 is 13.3. The van der Waals surface area contributed by atoms with Gasteiger partial charge in [0, 0.05) is 5.39 Å². The van der Waals surface area contributed by atoms with E-state index in [9.17, 15) is 0 Å². The third-order valence-electron chi connectivity index (χ3n) is 2.60. The molecule has 7 nitrogen and oxygen atoms in total. The fourth-order valence-corrected chi connectivity index (χ4v) is 3.15. The first kappa shape index (κ1) is 11.1.